The van der Waals surface area contributed by atoms with Crippen molar-refractivity contribution in [3.05, 3.63) is 26.9 Å². The molecule has 2 nitrogen and oxygen atoms in total. The van der Waals surface area contributed by atoms with Crippen LogP contribution in [0.4, 0.5) is 0 Å². The molecule has 0 bridgehead atoms. The lowest BCUT2D eigenvalue weighted by Gasteiger charge is -1.95. The fourth-order valence-corrected chi connectivity index (χ4v) is 1.16. The first-order valence-corrected chi connectivity index (χ1v) is 4.58. The van der Waals surface area contributed by atoms with E-state index in [2.05, 4.69) is 36.8 Å². The monoisotopic (exact) mass is 297 g/mol. The first kappa shape index (κ1) is 9.16. The van der Waals surface area contributed by atoms with Gasteiger partial charge in [-0.25, -0.2) is 0 Å². The molecule has 0 N–H and O–H groups in total. The van der Waals surface area contributed by atoms with Gasteiger partial charge >= 0.3 is 0 Å². The van der Waals surface area contributed by atoms with Gasteiger partial charge in [0.15, 0.2) is 0 Å². The van der Waals surface area contributed by atoms with Crippen molar-refractivity contribution in [2.75, 3.05) is 0 Å². The van der Waals surface area contributed by atoms with E-state index in [0.717, 1.165) is 8.95 Å². The zero-order chi connectivity index (χ0) is 8.43. The zero-order valence-electron chi connectivity index (χ0n) is 5.14. The van der Waals surface area contributed by atoms with Crippen LogP contribution in [0.25, 0.3) is 0 Å². The second-order valence-electron chi connectivity index (χ2n) is 1.76. The SMILES string of the molecule is O=C(Cl)c1cc(Br)c(Br)cn1. The number of aromatic nitrogens is 1. The summed E-state index contributed by atoms with van der Waals surface area (Å²) in [6.07, 6.45) is 1.51. The Hall–Kier alpha value is 0.0700. The average molecular weight is 299 g/mol. The second kappa shape index (κ2) is 3.65. The summed E-state index contributed by atoms with van der Waals surface area (Å²) in [5.74, 6) is 0. The molecule has 0 fully saturated rings. The Labute approximate surface area is 85.2 Å². The third-order valence-electron chi connectivity index (χ3n) is 1.01. The van der Waals surface area contributed by atoms with Crippen LogP contribution in [0, 0.1) is 0 Å². The summed E-state index contributed by atoms with van der Waals surface area (Å²) in [7, 11) is 0. The van der Waals surface area contributed by atoms with E-state index in [-0.39, 0.29) is 5.69 Å². The van der Waals surface area contributed by atoms with Crippen LogP contribution in [0.2, 0.25) is 0 Å². The molecule has 0 spiro atoms. The third kappa shape index (κ3) is 2.25. The molecular weight excluding hydrogens is 297 g/mol. The fraction of sp³-hybridized carbons (Fsp3) is 0. The molecule has 0 saturated carbocycles. The summed E-state index contributed by atoms with van der Waals surface area (Å²) < 4.78 is 1.55. The van der Waals surface area contributed by atoms with Gasteiger partial charge in [0, 0.05) is 10.7 Å². The van der Waals surface area contributed by atoms with Gasteiger partial charge in [-0.3, -0.25) is 9.78 Å². The number of carbonyl (C=O) groups excluding carboxylic acids is 1. The molecule has 0 aliphatic heterocycles. The predicted octanol–water partition coefficient (Wildman–Crippen LogP) is 2.99. The van der Waals surface area contributed by atoms with Gasteiger partial charge in [0.1, 0.15) is 5.69 Å². The number of hydrogen-bond acceptors (Lipinski definition) is 2. The predicted molar refractivity (Wildman–Crippen MR) is 49.8 cm³/mol. The molecule has 0 amide bonds. The Morgan fingerprint density at radius 2 is 2.09 bits per heavy atom. The van der Waals surface area contributed by atoms with E-state index in [1.165, 1.54) is 6.20 Å². The van der Waals surface area contributed by atoms with Gasteiger partial charge in [0.25, 0.3) is 5.24 Å². The van der Waals surface area contributed by atoms with Gasteiger partial charge < -0.3 is 0 Å². The largest absolute Gasteiger partial charge is 0.274 e. The van der Waals surface area contributed by atoms with Gasteiger partial charge in [0.2, 0.25) is 0 Å². The maximum atomic E-state index is 10.6. The van der Waals surface area contributed by atoms with Gasteiger partial charge in [0.05, 0.1) is 4.47 Å². The minimum absolute atomic E-state index is 0.238. The lowest BCUT2D eigenvalue weighted by molar-refractivity contribution is 0.107. The number of rotatable bonds is 1. The van der Waals surface area contributed by atoms with Crippen LogP contribution in [0.3, 0.4) is 0 Å². The molecule has 1 aromatic heterocycles. The number of nitrogens with zero attached hydrogens (tertiary/aromatic N) is 1. The molecule has 0 aliphatic rings. The van der Waals surface area contributed by atoms with Crippen molar-refractivity contribution < 1.29 is 4.79 Å². The molecular formula is C6H2Br2ClNO. The van der Waals surface area contributed by atoms with Crippen molar-refractivity contribution in [1.82, 2.24) is 4.98 Å². The first-order chi connectivity index (χ1) is 5.11. The standard InChI is InChI=1S/C6H2Br2ClNO/c7-3-1-5(6(9)11)10-2-4(3)8/h1-2H. The molecule has 1 aromatic rings. The summed E-state index contributed by atoms with van der Waals surface area (Å²) in [5, 5.41) is -0.557. The Bertz CT molecular complexity index is 303. The van der Waals surface area contributed by atoms with Crippen LogP contribution in [0.5, 0.6) is 0 Å². The molecule has 0 aromatic carbocycles. The molecule has 0 saturated heterocycles. The van der Waals surface area contributed by atoms with Gasteiger partial charge in [-0.2, -0.15) is 0 Å². The highest BCUT2D eigenvalue weighted by Crippen LogP contribution is 2.22. The van der Waals surface area contributed by atoms with Crippen LogP contribution in [0.15, 0.2) is 21.2 Å². The Morgan fingerprint density at radius 3 is 2.55 bits per heavy atom. The maximum absolute atomic E-state index is 10.6. The Kier molecular flexibility index (Phi) is 3.04. The Morgan fingerprint density at radius 1 is 1.45 bits per heavy atom. The summed E-state index contributed by atoms with van der Waals surface area (Å²) in [6, 6.07) is 1.55. The average Bonchev–Trinajstić information content (AvgIpc) is 1.94. The molecule has 0 aliphatic carbocycles. The van der Waals surface area contributed by atoms with Crippen molar-refractivity contribution in [3.8, 4) is 0 Å². The molecule has 1 heterocycles. The highest BCUT2D eigenvalue weighted by Gasteiger charge is 2.05. The summed E-state index contributed by atoms with van der Waals surface area (Å²) in [5.41, 5.74) is 0.238. The summed E-state index contributed by atoms with van der Waals surface area (Å²) in [4.78, 5) is 14.4. The molecule has 0 atom stereocenters. The van der Waals surface area contributed by atoms with Crippen molar-refractivity contribution in [2.45, 2.75) is 0 Å². The molecule has 0 radical (unpaired) electrons. The van der Waals surface area contributed by atoms with E-state index >= 15 is 0 Å². The van der Waals surface area contributed by atoms with E-state index in [1.54, 1.807) is 6.07 Å². The summed E-state index contributed by atoms with van der Waals surface area (Å²) >= 11 is 11.6. The Balaban J connectivity index is 3.15. The van der Waals surface area contributed by atoms with E-state index < -0.39 is 5.24 Å². The van der Waals surface area contributed by atoms with Crippen LogP contribution in [-0.4, -0.2) is 10.2 Å². The van der Waals surface area contributed by atoms with Gasteiger partial charge in [-0.05, 0) is 49.5 Å². The van der Waals surface area contributed by atoms with Crippen molar-refractivity contribution in [3.63, 3.8) is 0 Å². The van der Waals surface area contributed by atoms with E-state index in [4.69, 9.17) is 11.6 Å². The number of hydrogen-bond donors (Lipinski definition) is 0. The van der Waals surface area contributed by atoms with Crippen LogP contribution in [0.1, 0.15) is 10.5 Å². The summed E-state index contributed by atoms with van der Waals surface area (Å²) in [6.45, 7) is 0. The van der Waals surface area contributed by atoms with E-state index in [9.17, 15) is 4.79 Å². The molecule has 11 heavy (non-hydrogen) atoms. The second-order valence-corrected chi connectivity index (χ2v) is 3.81. The van der Waals surface area contributed by atoms with Crippen molar-refractivity contribution in [1.29, 1.82) is 0 Å². The van der Waals surface area contributed by atoms with Gasteiger partial charge in [-0.15, -0.1) is 0 Å². The van der Waals surface area contributed by atoms with Crippen LogP contribution >= 0.6 is 43.5 Å². The quantitative estimate of drug-likeness (QED) is 0.746. The molecule has 5 heteroatoms. The van der Waals surface area contributed by atoms with Crippen LogP contribution < -0.4 is 0 Å². The highest BCUT2D eigenvalue weighted by atomic mass is 79.9. The molecule has 1 rings (SSSR count). The van der Waals surface area contributed by atoms with Crippen molar-refractivity contribution >= 4 is 48.7 Å². The zero-order valence-corrected chi connectivity index (χ0v) is 9.07. The molecule has 58 valence electrons. The van der Waals surface area contributed by atoms with Crippen LogP contribution in [-0.2, 0) is 0 Å². The lowest BCUT2D eigenvalue weighted by Crippen LogP contribution is -1.92. The van der Waals surface area contributed by atoms with Crippen molar-refractivity contribution in [2.24, 2.45) is 0 Å². The lowest BCUT2D eigenvalue weighted by atomic mass is 10.4. The third-order valence-corrected chi connectivity index (χ3v) is 3.02. The van der Waals surface area contributed by atoms with E-state index in [0.29, 0.717) is 0 Å². The minimum Gasteiger partial charge on any atom is -0.274 e. The minimum atomic E-state index is -0.557. The maximum Gasteiger partial charge on any atom is 0.270 e. The smallest absolute Gasteiger partial charge is 0.270 e. The number of halogens is 3. The number of carbonyl (C=O) groups is 1. The number of pyridine rings is 1. The topological polar surface area (TPSA) is 30.0 Å². The van der Waals surface area contributed by atoms with Gasteiger partial charge in [-0.1, -0.05) is 0 Å². The fourth-order valence-electron chi connectivity index (χ4n) is 0.522. The normalized spacial score (nSPS) is 9.73. The highest BCUT2D eigenvalue weighted by molar-refractivity contribution is 9.13. The van der Waals surface area contributed by atoms with E-state index in [1.807, 2.05) is 0 Å². The first-order valence-electron chi connectivity index (χ1n) is 2.62. The molecule has 0 unspecified atom stereocenters.